The molecule has 0 spiro atoms. The van der Waals surface area contributed by atoms with Crippen LogP contribution >= 0.6 is 0 Å². The molecule has 6 nitrogen and oxygen atoms in total. The van der Waals surface area contributed by atoms with E-state index in [9.17, 15) is 14.4 Å². The summed E-state index contributed by atoms with van der Waals surface area (Å²) >= 11 is 0. The predicted octanol–water partition coefficient (Wildman–Crippen LogP) is 15.7. The summed E-state index contributed by atoms with van der Waals surface area (Å²) in [5, 5.41) is 0. The molecular formula is C55H86O6. The molecule has 0 amide bonds. The lowest BCUT2D eigenvalue weighted by Gasteiger charge is -2.18. The lowest BCUT2D eigenvalue weighted by atomic mass is 10.1. The van der Waals surface area contributed by atoms with E-state index in [1.54, 1.807) is 0 Å². The average Bonchev–Trinajstić information content (AvgIpc) is 3.26. The molecule has 1 atom stereocenters. The molecule has 0 N–H and O–H groups in total. The van der Waals surface area contributed by atoms with E-state index < -0.39 is 6.10 Å². The van der Waals surface area contributed by atoms with Gasteiger partial charge in [-0.2, -0.15) is 0 Å². The molecule has 0 aliphatic rings. The summed E-state index contributed by atoms with van der Waals surface area (Å²) < 4.78 is 16.6. The van der Waals surface area contributed by atoms with Crippen LogP contribution in [-0.4, -0.2) is 37.2 Å². The maximum Gasteiger partial charge on any atom is 0.306 e. The van der Waals surface area contributed by atoms with E-state index >= 15 is 0 Å². The monoisotopic (exact) mass is 843 g/mol. The van der Waals surface area contributed by atoms with Gasteiger partial charge in [-0.1, -0.05) is 181 Å². The fourth-order valence-electron chi connectivity index (χ4n) is 5.90. The number of carbonyl (C=O) groups is 3. The first-order chi connectivity index (χ1) is 30.0. The largest absolute Gasteiger partial charge is 0.462 e. The van der Waals surface area contributed by atoms with Crippen molar-refractivity contribution in [3.05, 3.63) is 122 Å². The van der Waals surface area contributed by atoms with Gasteiger partial charge in [-0.3, -0.25) is 14.4 Å². The third-order valence-corrected chi connectivity index (χ3v) is 9.46. The number of rotatable bonds is 41. The van der Waals surface area contributed by atoms with Crippen molar-refractivity contribution < 1.29 is 28.6 Å². The molecule has 6 heteroatoms. The predicted molar refractivity (Wildman–Crippen MR) is 260 cm³/mol. The van der Waals surface area contributed by atoms with Gasteiger partial charge in [0.1, 0.15) is 13.2 Å². The summed E-state index contributed by atoms with van der Waals surface area (Å²) in [5.41, 5.74) is 0. The summed E-state index contributed by atoms with van der Waals surface area (Å²) in [7, 11) is 0. The molecule has 0 aromatic rings. The van der Waals surface area contributed by atoms with Gasteiger partial charge < -0.3 is 14.2 Å². The first-order valence-corrected chi connectivity index (χ1v) is 24.0. The number of esters is 3. The molecule has 1 unspecified atom stereocenters. The standard InChI is InChI=1S/C55H86O6/c1-4-7-10-13-15-17-19-21-23-25-27-29-31-33-35-37-39-42-45-48-54(57)60-51-52(50-59-53(56)47-44-41-12-9-6-3)61-55(58)49-46-43-40-38-36-34-32-30-28-26-24-22-20-18-16-14-11-8-5-2/h7-8,10-11,15-18,21-24,27-30,33-36,52H,4-6,9,12-14,19-20,25-26,31-32,37-51H2,1-3H3/b10-7-,11-8-,17-15-,18-16-,23-21-,24-22-,29-27-,30-28-,35-33-,36-34-. The van der Waals surface area contributed by atoms with E-state index in [0.717, 1.165) is 141 Å². The zero-order valence-corrected chi connectivity index (χ0v) is 38.9. The van der Waals surface area contributed by atoms with Crippen LogP contribution in [0.25, 0.3) is 0 Å². The van der Waals surface area contributed by atoms with Crippen molar-refractivity contribution in [1.29, 1.82) is 0 Å². The second kappa shape index (κ2) is 48.5. The number of unbranched alkanes of at least 4 members (excludes halogenated alkanes) is 10. The first-order valence-electron chi connectivity index (χ1n) is 24.0. The number of ether oxygens (including phenoxy) is 3. The van der Waals surface area contributed by atoms with Crippen LogP contribution in [0.4, 0.5) is 0 Å². The minimum absolute atomic E-state index is 0.107. The lowest BCUT2D eigenvalue weighted by molar-refractivity contribution is -0.167. The number of carbonyl (C=O) groups excluding carboxylic acids is 3. The third kappa shape index (κ3) is 46.7. The van der Waals surface area contributed by atoms with Gasteiger partial charge in [-0.05, 0) is 109 Å². The van der Waals surface area contributed by atoms with E-state index in [1.807, 2.05) is 0 Å². The van der Waals surface area contributed by atoms with Crippen LogP contribution in [0, 0.1) is 0 Å². The van der Waals surface area contributed by atoms with E-state index in [-0.39, 0.29) is 37.5 Å². The quantitative estimate of drug-likeness (QED) is 0.0264. The molecule has 61 heavy (non-hydrogen) atoms. The highest BCUT2D eigenvalue weighted by molar-refractivity contribution is 5.71. The smallest absolute Gasteiger partial charge is 0.306 e. The van der Waals surface area contributed by atoms with Crippen LogP contribution in [-0.2, 0) is 28.6 Å². The Morgan fingerprint density at radius 3 is 0.984 bits per heavy atom. The van der Waals surface area contributed by atoms with Crippen molar-refractivity contribution in [2.75, 3.05) is 13.2 Å². The fraction of sp³-hybridized carbons (Fsp3) is 0.582. The first kappa shape index (κ1) is 56.8. The SMILES string of the molecule is CC/C=C\C/C=C\C/C=C\C/C=C\C/C=C\CCCCCC(=O)OCC(COC(=O)CCCCCCC)OC(=O)CCCCC/C=C\C/C=C\C/C=C\C/C=C\C/C=C\CC. The maximum absolute atomic E-state index is 12.7. The van der Waals surface area contributed by atoms with Gasteiger partial charge in [0.2, 0.25) is 0 Å². The second-order valence-corrected chi connectivity index (χ2v) is 15.3. The van der Waals surface area contributed by atoms with Crippen molar-refractivity contribution in [2.45, 2.75) is 194 Å². The second-order valence-electron chi connectivity index (χ2n) is 15.3. The zero-order valence-electron chi connectivity index (χ0n) is 38.9. The molecule has 342 valence electrons. The number of hydrogen-bond acceptors (Lipinski definition) is 6. The van der Waals surface area contributed by atoms with Gasteiger partial charge in [0.25, 0.3) is 0 Å². The topological polar surface area (TPSA) is 78.9 Å². The summed E-state index contributed by atoms with van der Waals surface area (Å²) in [5.74, 6) is -0.999. The van der Waals surface area contributed by atoms with E-state index in [0.29, 0.717) is 19.3 Å². The van der Waals surface area contributed by atoms with E-state index in [4.69, 9.17) is 14.2 Å². The Kier molecular flexibility index (Phi) is 45.1. The van der Waals surface area contributed by atoms with E-state index in [2.05, 4.69) is 142 Å². The minimum Gasteiger partial charge on any atom is -0.462 e. The van der Waals surface area contributed by atoms with Crippen LogP contribution < -0.4 is 0 Å². The Hall–Kier alpha value is -4.19. The van der Waals surface area contributed by atoms with Gasteiger partial charge in [0.15, 0.2) is 6.10 Å². The average molecular weight is 843 g/mol. The Morgan fingerprint density at radius 2 is 0.639 bits per heavy atom. The van der Waals surface area contributed by atoms with E-state index in [1.165, 1.54) is 0 Å². The van der Waals surface area contributed by atoms with Gasteiger partial charge in [-0.15, -0.1) is 0 Å². The summed E-state index contributed by atoms with van der Waals surface area (Å²) in [6, 6.07) is 0. The van der Waals surface area contributed by atoms with Gasteiger partial charge in [0, 0.05) is 19.3 Å². The maximum atomic E-state index is 12.7. The van der Waals surface area contributed by atoms with Gasteiger partial charge >= 0.3 is 17.9 Å². The highest BCUT2D eigenvalue weighted by Gasteiger charge is 2.19. The molecule has 0 aliphatic carbocycles. The summed E-state index contributed by atoms with van der Waals surface area (Å²) in [4.78, 5) is 37.6. The van der Waals surface area contributed by atoms with Crippen LogP contribution in [0.15, 0.2) is 122 Å². The Labute approximate surface area is 373 Å². The zero-order chi connectivity index (χ0) is 44.4. The van der Waals surface area contributed by atoms with Gasteiger partial charge in [0.05, 0.1) is 0 Å². The van der Waals surface area contributed by atoms with Crippen LogP contribution in [0.5, 0.6) is 0 Å². The van der Waals surface area contributed by atoms with Crippen LogP contribution in [0.3, 0.4) is 0 Å². The molecule has 0 fully saturated rings. The molecule has 0 bridgehead atoms. The normalized spacial score (nSPS) is 13.2. The molecule has 0 rings (SSSR count). The molecule has 0 saturated heterocycles. The Bertz CT molecular complexity index is 1340. The molecule has 0 aromatic heterocycles. The summed E-state index contributed by atoms with van der Waals surface area (Å²) in [6.45, 7) is 6.24. The summed E-state index contributed by atoms with van der Waals surface area (Å²) in [6.07, 6.45) is 66.4. The van der Waals surface area contributed by atoms with Crippen molar-refractivity contribution in [3.63, 3.8) is 0 Å². The highest BCUT2D eigenvalue weighted by atomic mass is 16.6. The highest BCUT2D eigenvalue weighted by Crippen LogP contribution is 2.11. The minimum atomic E-state index is -0.808. The molecule has 0 saturated carbocycles. The fourth-order valence-corrected chi connectivity index (χ4v) is 5.90. The van der Waals surface area contributed by atoms with Crippen LogP contribution in [0.1, 0.15) is 188 Å². The Morgan fingerprint density at radius 1 is 0.344 bits per heavy atom. The number of hydrogen-bond donors (Lipinski definition) is 0. The molecule has 0 aromatic carbocycles. The van der Waals surface area contributed by atoms with Gasteiger partial charge in [-0.25, -0.2) is 0 Å². The van der Waals surface area contributed by atoms with Crippen molar-refractivity contribution in [3.8, 4) is 0 Å². The Balaban J connectivity index is 4.36. The lowest BCUT2D eigenvalue weighted by Crippen LogP contribution is -2.30. The molecular weight excluding hydrogens is 757 g/mol. The number of allylic oxidation sites excluding steroid dienone is 20. The molecule has 0 radical (unpaired) electrons. The van der Waals surface area contributed by atoms with Crippen molar-refractivity contribution >= 4 is 17.9 Å². The third-order valence-electron chi connectivity index (χ3n) is 9.46. The van der Waals surface area contributed by atoms with Crippen molar-refractivity contribution in [2.24, 2.45) is 0 Å². The van der Waals surface area contributed by atoms with Crippen LogP contribution in [0.2, 0.25) is 0 Å². The molecule has 0 aliphatic heterocycles. The van der Waals surface area contributed by atoms with Crippen molar-refractivity contribution in [1.82, 2.24) is 0 Å². The molecule has 0 heterocycles.